The topological polar surface area (TPSA) is 102 Å². The SMILES string of the molecule is Cc1nn(CC(=O)N/N=C2/CC3CCC2(C)C3(C)C)c(C)c1[N+](=O)[O-]. The molecule has 2 bridgehead atoms. The molecule has 0 radical (unpaired) electrons. The fourth-order valence-electron chi connectivity index (χ4n) is 4.50. The Morgan fingerprint density at radius 3 is 2.60 bits per heavy atom. The van der Waals surface area contributed by atoms with Crippen LogP contribution in [0.1, 0.15) is 51.4 Å². The standard InChI is InChI=1S/C17H25N5O3/c1-10-15(22(24)25)11(2)21(20-10)9-14(23)19-18-13-8-12-6-7-17(13,5)16(12,3)4/h12H,6-9H2,1-5H3,(H,19,23)/b18-13-. The molecule has 1 aromatic rings. The van der Waals surface area contributed by atoms with Gasteiger partial charge in [-0.1, -0.05) is 20.8 Å². The van der Waals surface area contributed by atoms with Gasteiger partial charge in [0.1, 0.15) is 17.9 Å². The van der Waals surface area contributed by atoms with Crippen molar-refractivity contribution in [3.05, 3.63) is 21.5 Å². The van der Waals surface area contributed by atoms with E-state index >= 15 is 0 Å². The van der Waals surface area contributed by atoms with Crippen molar-refractivity contribution in [3.8, 4) is 0 Å². The molecule has 0 aliphatic heterocycles. The van der Waals surface area contributed by atoms with Crippen LogP contribution in [0.25, 0.3) is 0 Å². The molecule has 8 heteroatoms. The molecule has 2 unspecified atom stereocenters. The largest absolute Gasteiger partial charge is 0.312 e. The third-order valence-electron chi connectivity index (χ3n) is 6.65. The lowest BCUT2D eigenvalue weighted by Crippen LogP contribution is -2.34. The highest BCUT2D eigenvalue weighted by Gasteiger charge is 2.60. The monoisotopic (exact) mass is 347 g/mol. The molecule has 3 rings (SSSR count). The summed E-state index contributed by atoms with van der Waals surface area (Å²) in [5, 5.41) is 19.5. The smallest absolute Gasteiger partial charge is 0.271 e. The highest BCUT2D eigenvalue weighted by molar-refractivity contribution is 5.95. The first kappa shape index (κ1) is 17.6. The summed E-state index contributed by atoms with van der Waals surface area (Å²) in [7, 11) is 0. The summed E-state index contributed by atoms with van der Waals surface area (Å²) in [5.74, 6) is 0.295. The molecule has 1 N–H and O–H groups in total. The molecule has 1 heterocycles. The van der Waals surface area contributed by atoms with Gasteiger partial charge in [-0.25, -0.2) is 5.43 Å². The summed E-state index contributed by atoms with van der Waals surface area (Å²) >= 11 is 0. The van der Waals surface area contributed by atoms with Crippen LogP contribution in [0.3, 0.4) is 0 Å². The van der Waals surface area contributed by atoms with Gasteiger partial charge >= 0.3 is 5.69 Å². The number of nitro groups is 1. The summed E-state index contributed by atoms with van der Waals surface area (Å²) in [6, 6.07) is 0. The Balaban J connectivity index is 1.71. The fourth-order valence-corrected chi connectivity index (χ4v) is 4.50. The predicted octanol–water partition coefficient (Wildman–Crippen LogP) is 2.73. The predicted molar refractivity (Wildman–Crippen MR) is 93.2 cm³/mol. The second kappa shape index (κ2) is 5.64. The molecule has 2 atom stereocenters. The van der Waals surface area contributed by atoms with E-state index in [0.717, 1.165) is 18.6 Å². The number of amides is 1. The van der Waals surface area contributed by atoms with Crippen LogP contribution >= 0.6 is 0 Å². The van der Waals surface area contributed by atoms with E-state index in [-0.39, 0.29) is 29.0 Å². The van der Waals surface area contributed by atoms with E-state index in [1.807, 2.05) is 0 Å². The van der Waals surface area contributed by atoms with E-state index in [4.69, 9.17) is 0 Å². The Morgan fingerprint density at radius 2 is 2.12 bits per heavy atom. The maximum atomic E-state index is 12.2. The molecule has 1 amide bonds. The van der Waals surface area contributed by atoms with Crippen molar-refractivity contribution in [2.45, 2.75) is 60.4 Å². The molecule has 2 fully saturated rings. The Bertz CT molecular complexity index is 779. The zero-order valence-corrected chi connectivity index (χ0v) is 15.4. The highest BCUT2D eigenvalue weighted by atomic mass is 16.6. The van der Waals surface area contributed by atoms with Gasteiger partial charge in [-0.3, -0.25) is 19.6 Å². The first-order valence-electron chi connectivity index (χ1n) is 8.62. The van der Waals surface area contributed by atoms with Gasteiger partial charge in [-0.2, -0.15) is 10.2 Å². The Labute approximate surface area is 146 Å². The number of carbonyl (C=O) groups excluding carboxylic acids is 1. The quantitative estimate of drug-likeness (QED) is 0.668. The van der Waals surface area contributed by atoms with Crippen LogP contribution in [0.4, 0.5) is 5.69 Å². The van der Waals surface area contributed by atoms with Crippen molar-refractivity contribution in [3.63, 3.8) is 0 Å². The maximum Gasteiger partial charge on any atom is 0.312 e. The molecule has 0 spiro atoms. The van der Waals surface area contributed by atoms with Gasteiger partial charge in [-0.15, -0.1) is 0 Å². The number of hydrazone groups is 1. The highest BCUT2D eigenvalue weighted by Crippen LogP contribution is 2.63. The third kappa shape index (κ3) is 2.54. The van der Waals surface area contributed by atoms with Crippen molar-refractivity contribution in [1.82, 2.24) is 15.2 Å². The van der Waals surface area contributed by atoms with Gasteiger partial charge in [0, 0.05) is 11.1 Å². The van der Waals surface area contributed by atoms with Gasteiger partial charge in [0.2, 0.25) is 0 Å². The lowest BCUT2D eigenvalue weighted by Gasteiger charge is -2.34. The normalized spacial score (nSPS) is 28.5. The summed E-state index contributed by atoms with van der Waals surface area (Å²) in [5.41, 5.74) is 4.55. The number of nitrogens with one attached hydrogen (secondary N) is 1. The Hall–Kier alpha value is -2.25. The second-order valence-corrected chi connectivity index (χ2v) is 8.02. The number of rotatable bonds is 4. The summed E-state index contributed by atoms with van der Waals surface area (Å²) < 4.78 is 1.36. The van der Waals surface area contributed by atoms with Crippen LogP contribution in [-0.2, 0) is 11.3 Å². The summed E-state index contributed by atoms with van der Waals surface area (Å²) in [6.45, 7) is 9.87. The van der Waals surface area contributed by atoms with E-state index in [1.165, 1.54) is 11.1 Å². The van der Waals surface area contributed by atoms with Gasteiger partial charge in [0.15, 0.2) is 0 Å². The van der Waals surface area contributed by atoms with Gasteiger partial charge < -0.3 is 0 Å². The second-order valence-electron chi connectivity index (χ2n) is 8.02. The van der Waals surface area contributed by atoms with Crippen molar-refractivity contribution >= 4 is 17.3 Å². The van der Waals surface area contributed by atoms with Crippen LogP contribution in [0.2, 0.25) is 0 Å². The van der Waals surface area contributed by atoms with Crippen LogP contribution in [0.5, 0.6) is 0 Å². The zero-order chi connectivity index (χ0) is 18.6. The Morgan fingerprint density at radius 1 is 1.44 bits per heavy atom. The van der Waals surface area contributed by atoms with Crippen molar-refractivity contribution in [2.24, 2.45) is 21.8 Å². The Kier molecular flexibility index (Phi) is 3.96. The van der Waals surface area contributed by atoms with E-state index < -0.39 is 4.92 Å². The van der Waals surface area contributed by atoms with E-state index in [9.17, 15) is 14.9 Å². The molecule has 2 aliphatic carbocycles. The molecule has 25 heavy (non-hydrogen) atoms. The minimum Gasteiger partial charge on any atom is -0.271 e. The molecule has 0 aromatic carbocycles. The first-order valence-corrected chi connectivity index (χ1v) is 8.62. The average Bonchev–Trinajstić information content (AvgIpc) is 2.98. The van der Waals surface area contributed by atoms with E-state index in [0.29, 0.717) is 17.3 Å². The summed E-state index contributed by atoms with van der Waals surface area (Å²) in [4.78, 5) is 22.8. The van der Waals surface area contributed by atoms with Crippen LogP contribution in [-0.4, -0.2) is 26.3 Å². The first-order chi connectivity index (χ1) is 11.6. The minimum absolute atomic E-state index is 0.0297. The lowest BCUT2D eigenvalue weighted by molar-refractivity contribution is -0.386. The number of aromatic nitrogens is 2. The van der Waals surface area contributed by atoms with Crippen LogP contribution in [0.15, 0.2) is 5.10 Å². The molecule has 136 valence electrons. The number of carbonyl (C=O) groups is 1. The fraction of sp³-hybridized carbons (Fsp3) is 0.706. The number of nitrogens with zero attached hydrogens (tertiary/aromatic N) is 4. The number of hydrogen-bond donors (Lipinski definition) is 1. The van der Waals surface area contributed by atoms with E-state index in [2.05, 4.69) is 36.4 Å². The average molecular weight is 347 g/mol. The van der Waals surface area contributed by atoms with Gasteiger partial charge in [0.25, 0.3) is 5.91 Å². The van der Waals surface area contributed by atoms with Crippen LogP contribution in [0, 0.1) is 40.7 Å². The van der Waals surface area contributed by atoms with Gasteiger partial charge in [-0.05, 0) is 44.4 Å². The molecule has 1 aromatic heterocycles. The van der Waals surface area contributed by atoms with E-state index in [1.54, 1.807) is 13.8 Å². The number of fused-ring (bicyclic) bond motifs is 2. The molecule has 8 nitrogen and oxygen atoms in total. The third-order valence-corrected chi connectivity index (χ3v) is 6.65. The molecule has 2 aliphatic rings. The molecular formula is C17H25N5O3. The number of aryl methyl sites for hydroxylation is 1. The van der Waals surface area contributed by atoms with Crippen molar-refractivity contribution in [1.29, 1.82) is 0 Å². The van der Waals surface area contributed by atoms with Crippen LogP contribution < -0.4 is 5.43 Å². The molecular weight excluding hydrogens is 322 g/mol. The number of hydrogen-bond acceptors (Lipinski definition) is 5. The van der Waals surface area contributed by atoms with Crippen molar-refractivity contribution in [2.75, 3.05) is 0 Å². The lowest BCUT2D eigenvalue weighted by atomic mass is 9.70. The summed E-state index contributed by atoms with van der Waals surface area (Å²) in [6.07, 6.45) is 3.24. The van der Waals surface area contributed by atoms with Crippen molar-refractivity contribution < 1.29 is 9.72 Å². The maximum absolute atomic E-state index is 12.2. The molecule has 2 saturated carbocycles. The zero-order valence-electron chi connectivity index (χ0n) is 15.4. The molecule has 0 saturated heterocycles. The van der Waals surface area contributed by atoms with Gasteiger partial charge in [0.05, 0.1) is 4.92 Å². The minimum atomic E-state index is -0.468.